The molecule has 0 radical (unpaired) electrons. The topological polar surface area (TPSA) is 129 Å². The fourth-order valence-corrected chi connectivity index (χ4v) is 4.80. The molecule has 4 aromatic rings. The molecule has 9 heteroatoms. The van der Waals surface area contributed by atoms with Crippen molar-refractivity contribution in [3.05, 3.63) is 102 Å². The zero-order valence-electron chi connectivity index (χ0n) is 21.9. The summed E-state index contributed by atoms with van der Waals surface area (Å²) in [6, 6.07) is 25.9. The number of nitrogen functional groups attached to an aromatic ring is 1. The monoisotopic (exact) mass is 537 g/mol. The fourth-order valence-electron chi connectivity index (χ4n) is 4.80. The number of nitrogens with one attached hydrogen (secondary N) is 2. The van der Waals surface area contributed by atoms with E-state index in [1.54, 1.807) is 12.3 Å². The minimum Gasteiger partial charge on any atom is -0.506 e. The predicted molar refractivity (Wildman–Crippen MR) is 155 cm³/mol. The normalized spacial score (nSPS) is 15.3. The number of rotatable bonds is 9. The van der Waals surface area contributed by atoms with Gasteiger partial charge in [0.1, 0.15) is 11.5 Å². The van der Waals surface area contributed by atoms with E-state index in [4.69, 9.17) is 10.5 Å². The summed E-state index contributed by atoms with van der Waals surface area (Å²) in [4.78, 5) is 27.4. The van der Waals surface area contributed by atoms with Crippen LogP contribution in [0.3, 0.4) is 0 Å². The molecule has 40 heavy (non-hydrogen) atoms. The number of hydrogen-bond donors (Lipinski definition) is 4. The molecule has 1 aliphatic rings. The van der Waals surface area contributed by atoms with E-state index < -0.39 is 5.91 Å². The number of anilines is 1. The van der Waals surface area contributed by atoms with E-state index in [0.29, 0.717) is 5.75 Å². The first-order valence-corrected chi connectivity index (χ1v) is 13.1. The summed E-state index contributed by atoms with van der Waals surface area (Å²) in [7, 11) is 0. The van der Waals surface area contributed by atoms with Gasteiger partial charge in [0.05, 0.1) is 11.9 Å². The Balaban J connectivity index is 1.16. The SMILES string of the molecule is Nc1cc(C(=O)N/N=C/c2ccc(OCC(=O)NC3CCN(Cc4ccccc4)C3)c3ccccc23)ccc1O. The number of carbonyl (C=O) groups excluding carboxylic acids is 2. The molecule has 0 saturated carbocycles. The molecule has 5 rings (SSSR count). The van der Waals surface area contributed by atoms with Crippen molar-refractivity contribution in [2.24, 2.45) is 5.10 Å². The summed E-state index contributed by atoms with van der Waals surface area (Å²) < 4.78 is 5.92. The number of hydrazone groups is 1. The molecule has 0 bridgehead atoms. The number of phenols is 1. The van der Waals surface area contributed by atoms with Gasteiger partial charge in [0.25, 0.3) is 11.8 Å². The molecule has 1 atom stereocenters. The van der Waals surface area contributed by atoms with Gasteiger partial charge in [-0.25, -0.2) is 5.43 Å². The minimum atomic E-state index is -0.455. The molecular formula is C31H31N5O4. The Hall–Kier alpha value is -4.89. The highest BCUT2D eigenvalue weighted by molar-refractivity contribution is 6.03. The average molecular weight is 538 g/mol. The van der Waals surface area contributed by atoms with Crippen molar-refractivity contribution in [1.82, 2.24) is 15.6 Å². The third-order valence-corrected chi connectivity index (χ3v) is 6.82. The van der Waals surface area contributed by atoms with Crippen molar-refractivity contribution < 1.29 is 19.4 Å². The Labute approximate surface area is 232 Å². The van der Waals surface area contributed by atoms with Gasteiger partial charge in [-0.2, -0.15) is 5.10 Å². The summed E-state index contributed by atoms with van der Waals surface area (Å²) in [5.74, 6) is -0.110. The highest BCUT2D eigenvalue weighted by Gasteiger charge is 2.24. The summed E-state index contributed by atoms with van der Waals surface area (Å²) in [5.41, 5.74) is 10.6. The van der Waals surface area contributed by atoms with E-state index >= 15 is 0 Å². The summed E-state index contributed by atoms with van der Waals surface area (Å²) in [6.07, 6.45) is 2.45. The number of ether oxygens (including phenoxy) is 1. The zero-order valence-corrected chi connectivity index (χ0v) is 21.9. The summed E-state index contributed by atoms with van der Waals surface area (Å²) in [6.45, 7) is 2.55. The van der Waals surface area contributed by atoms with Crippen molar-refractivity contribution in [2.75, 3.05) is 25.4 Å². The molecule has 0 aliphatic carbocycles. The molecule has 4 aromatic carbocycles. The molecule has 204 valence electrons. The summed E-state index contributed by atoms with van der Waals surface area (Å²) in [5, 5.41) is 18.4. The number of phenolic OH excluding ortho intramolecular Hbond substituents is 1. The largest absolute Gasteiger partial charge is 0.506 e. The van der Waals surface area contributed by atoms with Crippen molar-refractivity contribution >= 4 is 34.5 Å². The van der Waals surface area contributed by atoms with Crippen molar-refractivity contribution in [3.8, 4) is 11.5 Å². The molecule has 1 saturated heterocycles. The van der Waals surface area contributed by atoms with Crippen molar-refractivity contribution in [3.63, 3.8) is 0 Å². The van der Waals surface area contributed by atoms with E-state index in [-0.39, 0.29) is 35.6 Å². The number of nitrogens with zero attached hydrogens (tertiary/aromatic N) is 2. The molecule has 1 fully saturated rings. The van der Waals surface area contributed by atoms with Crippen LogP contribution in [0.15, 0.2) is 90.0 Å². The number of amides is 2. The first-order chi connectivity index (χ1) is 19.5. The lowest BCUT2D eigenvalue weighted by molar-refractivity contribution is -0.123. The molecule has 5 N–H and O–H groups in total. The quantitative estimate of drug-likeness (QED) is 0.112. The third kappa shape index (κ3) is 6.57. The van der Waals surface area contributed by atoms with Crippen LogP contribution in [0.2, 0.25) is 0 Å². The third-order valence-electron chi connectivity index (χ3n) is 6.82. The smallest absolute Gasteiger partial charge is 0.271 e. The predicted octanol–water partition coefficient (Wildman–Crippen LogP) is 3.66. The van der Waals surface area contributed by atoms with Crippen LogP contribution < -0.4 is 21.2 Å². The van der Waals surface area contributed by atoms with Crippen LogP contribution in [0.5, 0.6) is 11.5 Å². The Bertz CT molecular complexity index is 1540. The maximum atomic E-state index is 12.7. The second-order valence-electron chi connectivity index (χ2n) is 9.73. The molecule has 9 nitrogen and oxygen atoms in total. The van der Waals surface area contributed by atoms with E-state index in [2.05, 4.69) is 32.9 Å². The first-order valence-electron chi connectivity index (χ1n) is 13.1. The van der Waals surface area contributed by atoms with Crippen LogP contribution in [0.4, 0.5) is 5.69 Å². The van der Waals surface area contributed by atoms with Gasteiger partial charge < -0.3 is 20.9 Å². The van der Waals surface area contributed by atoms with Gasteiger partial charge in [-0.15, -0.1) is 0 Å². The lowest BCUT2D eigenvalue weighted by Gasteiger charge is -2.17. The van der Waals surface area contributed by atoms with Crippen LogP contribution in [0.1, 0.15) is 27.9 Å². The minimum absolute atomic E-state index is 0.0849. The number of aromatic hydroxyl groups is 1. The fraction of sp³-hybridized carbons (Fsp3) is 0.194. The number of nitrogens with two attached hydrogens (primary N) is 1. The van der Waals surface area contributed by atoms with Gasteiger partial charge >= 0.3 is 0 Å². The molecule has 1 aliphatic heterocycles. The summed E-state index contributed by atoms with van der Waals surface area (Å²) >= 11 is 0. The Morgan fingerprint density at radius 2 is 1.80 bits per heavy atom. The zero-order chi connectivity index (χ0) is 27.9. The number of likely N-dealkylation sites (tertiary alicyclic amines) is 1. The Kier molecular flexibility index (Phi) is 8.22. The lowest BCUT2D eigenvalue weighted by atomic mass is 10.0. The molecule has 1 unspecified atom stereocenters. The first kappa shape index (κ1) is 26.7. The van der Waals surface area contributed by atoms with E-state index in [1.165, 1.54) is 23.8 Å². The van der Waals surface area contributed by atoms with E-state index in [9.17, 15) is 14.7 Å². The van der Waals surface area contributed by atoms with Crippen LogP contribution in [0, 0.1) is 0 Å². The van der Waals surface area contributed by atoms with Crippen LogP contribution in [0.25, 0.3) is 10.8 Å². The number of fused-ring (bicyclic) bond motifs is 1. The van der Waals surface area contributed by atoms with Crippen LogP contribution in [-0.2, 0) is 11.3 Å². The number of carbonyl (C=O) groups is 2. The van der Waals surface area contributed by atoms with Gasteiger partial charge in [0, 0.05) is 42.2 Å². The van der Waals surface area contributed by atoms with Crippen molar-refractivity contribution in [2.45, 2.75) is 19.0 Å². The molecular weight excluding hydrogens is 506 g/mol. The highest BCUT2D eigenvalue weighted by atomic mass is 16.5. The van der Waals surface area contributed by atoms with Gasteiger partial charge in [-0.1, -0.05) is 54.6 Å². The van der Waals surface area contributed by atoms with E-state index in [0.717, 1.165) is 42.4 Å². The van der Waals surface area contributed by atoms with E-state index in [1.807, 2.05) is 48.5 Å². The number of hydrogen-bond acceptors (Lipinski definition) is 7. The van der Waals surface area contributed by atoms with Gasteiger partial charge in [-0.05, 0) is 47.7 Å². The standard InChI is InChI=1S/C31H31N5O4/c32-27-16-22(10-12-28(27)37)31(39)35-33-17-23-11-13-29(26-9-5-4-8-25(23)26)40-20-30(38)34-24-14-15-36(19-24)18-21-6-2-1-3-7-21/h1-13,16-17,24,37H,14-15,18-20,32H2,(H,34,38)(H,35,39)/b33-17+. The molecule has 0 aromatic heterocycles. The second-order valence-corrected chi connectivity index (χ2v) is 9.73. The van der Waals surface area contributed by atoms with Gasteiger partial charge in [0.2, 0.25) is 0 Å². The molecule has 2 amide bonds. The Morgan fingerprint density at radius 1 is 1.02 bits per heavy atom. The highest BCUT2D eigenvalue weighted by Crippen LogP contribution is 2.28. The lowest BCUT2D eigenvalue weighted by Crippen LogP contribution is -2.39. The van der Waals surface area contributed by atoms with Crippen LogP contribution in [-0.4, -0.2) is 53.8 Å². The second kappa shape index (κ2) is 12.3. The molecule has 0 spiro atoms. The Morgan fingerprint density at radius 3 is 2.60 bits per heavy atom. The average Bonchev–Trinajstić information content (AvgIpc) is 3.40. The number of benzene rings is 4. The van der Waals surface area contributed by atoms with Crippen molar-refractivity contribution in [1.29, 1.82) is 0 Å². The maximum absolute atomic E-state index is 12.7. The van der Waals surface area contributed by atoms with Crippen LogP contribution >= 0.6 is 0 Å². The van der Waals surface area contributed by atoms with Gasteiger partial charge in [-0.3, -0.25) is 14.5 Å². The van der Waals surface area contributed by atoms with Gasteiger partial charge in [0.15, 0.2) is 6.61 Å². The molecule has 1 heterocycles. The maximum Gasteiger partial charge on any atom is 0.271 e.